The first kappa shape index (κ1) is 12.3. The minimum absolute atomic E-state index is 0.0457. The van der Waals surface area contributed by atoms with Crippen LogP contribution in [0.2, 0.25) is 0 Å². The molecule has 0 heterocycles. The zero-order valence-corrected chi connectivity index (χ0v) is 10.4. The van der Waals surface area contributed by atoms with Crippen molar-refractivity contribution >= 4 is 6.03 Å². The van der Waals surface area contributed by atoms with Gasteiger partial charge in [-0.05, 0) is 39.0 Å². The van der Waals surface area contributed by atoms with Crippen molar-refractivity contribution in [2.75, 3.05) is 6.54 Å². The fourth-order valence-electron chi connectivity index (χ4n) is 2.08. The van der Waals surface area contributed by atoms with Gasteiger partial charge in [0, 0.05) is 12.1 Å². The maximum Gasteiger partial charge on any atom is 0.315 e. The quantitative estimate of drug-likeness (QED) is 0.726. The van der Waals surface area contributed by atoms with Crippen molar-refractivity contribution in [1.82, 2.24) is 10.6 Å². The van der Waals surface area contributed by atoms with E-state index in [1.165, 1.54) is 25.7 Å². The molecule has 0 spiro atoms. The normalized spacial score (nSPS) is 20.0. The van der Waals surface area contributed by atoms with Crippen molar-refractivity contribution in [3.63, 3.8) is 0 Å². The molecule has 1 rings (SSSR count). The highest BCUT2D eigenvalue weighted by Crippen LogP contribution is 2.36. The summed E-state index contributed by atoms with van der Waals surface area (Å²) in [6.45, 7) is 9.03. The molecule has 3 heteroatoms. The van der Waals surface area contributed by atoms with Gasteiger partial charge in [-0.3, -0.25) is 0 Å². The fraction of sp³-hybridized carbons (Fsp3) is 0.917. The van der Waals surface area contributed by atoms with Crippen LogP contribution in [0.25, 0.3) is 0 Å². The first-order valence-electron chi connectivity index (χ1n) is 5.87. The number of carbonyl (C=O) groups excluding carboxylic acids is 1. The molecule has 1 aliphatic rings. The zero-order valence-electron chi connectivity index (χ0n) is 10.4. The topological polar surface area (TPSA) is 41.1 Å². The summed E-state index contributed by atoms with van der Waals surface area (Å²) >= 11 is 0. The number of hydrogen-bond donors (Lipinski definition) is 2. The summed E-state index contributed by atoms with van der Waals surface area (Å²) in [6, 6.07) is -0.0457. The molecule has 0 aromatic rings. The predicted octanol–water partition coefficient (Wildman–Crippen LogP) is 2.66. The zero-order chi connectivity index (χ0) is 11.5. The van der Waals surface area contributed by atoms with Crippen LogP contribution in [0.3, 0.4) is 0 Å². The van der Waals surface area contributed by atoms with Crippen LogP contribution >= 0.6 is 0 Å². The molecule has 0 atom stereocenters. The van der Waals surface area contributed by atoms with E-state index in [4.69, 9.17) is 0 Å². The van der Waals surface area contributed by atoms with Crippen molar-refractivity contribution in [2.45, 2.75) is 58.9 Å². The summed E-state index contributed by atoms with van der Waals surface area (Å²) in [7, 11) is 0. The molecule has 0 aromatic heterocycles. The Balaban J connectivity index is 2.28. The van der Waals surface area contributed by atoms with Crippen LogP contribution in [0, 0.1) is 5.41 Å². The maximum atomic E-state index is 11.5. The second-order valence-electron chi connectivity index (χ2n) is 6.08. The summed E-state index contributed by atoms with van der Waals surface area (Å²) in [6.07, 6.45) is 5.09. The summed E-state index contributed by atoms with van der Waals surface area (Å²) < 4.78 is 0. The Hall–Kier alpha value is -0.730. The van der Waals surface area contributed by atoms with Gasteiger partial charge in [0.15, 0.2) is 0 Å². The van der Waals surface area contributed by atoms with E-state index in [2.05, 4.69) is 17.6 Å². The van der Waals surface area contributed by atoms with Gasteiger partial charge < -0.3 is 10.6 Å². The Kier molecular flexibility index (Phi) is 3.63. The van der Waals surface area contributed by atoms with E-state index in [-0.39, 0.29) is 11.6 Å². The van der Waals surface area contributed by atoms with Crippen LogP contribution < -0.4 is 10.6 Å². The van der Waals surface area contributed by atoms with E-state index in [0.29, 0.717) is 5.41 Å². The average Bonchev–Trinajstić information content (AvgIpc) is 2.47. The smallest absolute Gasteiger partial charge is 0.315 e. The summed E-state index contributed by atoms with van der Waals surface area (Å²) in [5.74, 6) is 0. The van der Waals surface area contributed by atoms with Crippen LogP contribution in [0.15, 0.2) is 0 Å². The summed E-state index contributed by atoms with van der Waals surface area (Å²) in [5, 5.41) is 5.88. The Morgan fingerprint density at radius 3 is 2.27 bits per heavy atom. The third-order valence-corrected chi connectivity index (χ3v) is 2.97. The van der Waals surface area contributed by atoms with Gasteiger partial charge in [0.1, 0.15) is 0 Å². The van der Waals surface area contributed by atoms with Crippen LogP contribution in [0.4, 0.5) is 4.79 Å². The third kappa shape index (κ3) is 4.54. The Labute approximate surface area is 93.0 Å². The van der Waals surface area contributed by atoms with E-state index >= 15 is 0 Å². The lowest BCUT2D eigenvalue weighted by molar-refractivity contribution is 0.223. The maximum absolute atomic E-state index is 11.5. The number of carbonyl (C=O) groups is 1. The highest BCUT2D eigenvalue weighted by atomic mass is 16.2. The highest BCUT2D eigenvalue weighted by Gasteiger charge is 2.29. The van der Waals surface area contributed by atoms with Crippen LogP contribution in [0.1, 0.15) is 53.4 Å². The molecule has 2 N–H and O–H groups in total. The first-order chi connectivity index (χ1) is 6.81. The third-order valence-electron chi connectivity index (χ3n) is 2.97. The molecule has 0 aliphatic heterocycles. The van der Waals surface area contributed by atoms with E-state index in [9.17, 15) is 4.79 Å². The molecule has 1 fully saturated rings. The highest BCUT2D eigenvalue weighted by molar-refractivity contribution is 5.74. The van der Waals surface area contributed by atoms with Crippen LogP contribution in [-0.2, 0) is 0 Å². The van der Waals surface area contributed by atoms with Crippen molar-refractivity contribution in [3.8, 4) is 0 Å². The number of urea groups is 1. The minimum atomic E-state index is -0.152. The van der Waals surface area contributed by atoms with Crippen LogP contribution in [0.5, 0.6) is 0 Å². The van der Waals surface area contributed by atoms with Gasteiger partial charge in [-0.25, -0.2) is 4.79 Å². The Morgan fingerprint density at radius 2 is 1.80 bits per heavy atom. The molecular weight excluding hydrogens is 188 g/mol. The minimum Gasteiger partial charge on any atom is -0.338 e. The molecule has 3 nitrogen and oxygen atoms in total. The molecule has 2 amide bonds. The first-order valence-corrected chi connectivity index (χ1v) is 5.87. The van der Waals surface area contributed by atoms with Gasteiger partial charge in [0.05, 0.1) is 0 Å². The summed E-state index contributed by atoms with van der Waals surface area (Å²) in [5.41, 5.74) is 0.176. The van der Waals surface area contributed by atoms with Gasteiger partial charge >= 0.3 is 6.03 Å². The lowest BCUT2D eigenvalue weighted by Crippen LogP contribution is -2.48. The molecule has 1 saturated carbocycles. The molecule has 15 heavy (non-hydrogen) atoms. The lowest BCUT2D eigenvalue weighted by atomic mass is 9.89. The van der Waals surface area contributed by atoms with E-state index in [1.807, 2.05) is 20.8 Å². The Morgan fingerprint density at radius 1 is 1.27 bits per heavy atom. The van der Waals surface area contributed by atoms with E-state index < -0.39 is 0 Å². The molecule has 0 radical (unpaired) electrons. The standard InChI is InChI=1S/C12H24N2O/c1-11(2,3)14-10(15)13-9-12(4)7-5-6-8-12/h5-9H2,1-4H3,(H2,13,14,15). The number of rotatable bonds is 2. The number of amides is 2. The van der Waals surface area contributed by atoms with Gasteiger partial charge in [0.25, 0.3) is 0 Å². The molecule has 88 valence electrons. The Bertz CT molecular complexity index is 224. The van der Waals surface area contributed by atoms with E-state index in [0.717, 1.165) is 6.54 Å². The van der Waals surface area contributed by atoms with Gasteiger partial charge in [-0.2, -0.15) is 0 Å². The summed E-state index contributed by atoms with van der Waals surface area (Å²) in [4.78, 5) is 11.5. The molecule has 0 unspecified atom stereocenters. The van der Waals surface area contributed by atoms with Crippen molar-refractivity contribution in [3.05, 3.63) is 0 Å². The fourth-order valence-corrected chi connectivity index (χ4v) is 2.08. The predicted molar refractivity (Wildman–Crippen MR) is 62.9 cm³/mol. The second kappa shape index (κ2) is 4.42. The average molecular weight is 212 g/mol. The SMILES string of the molecule is CC1(CNC(=O)NC(C)(C)C)CCCC1. The number of hydrogen-bond acceptors (Lipinski definition) is 1. The molecular formula is C12H24N2O. The van der Waals surface area contributed by atoms with Gasteiger partial charge in [0.2, 0.25) is 0 Å². The van der Waals surface area contributed by atoms with Crippen molar-refractivity contribution in [1.29, 1.82) is 0 Å². The molecule has 0 aromatic carbocycles. The monoisotopic (exact) mass is 212 g/mol. The molecule has 1 aliphatic carbocycles. The molecule has 0 bridgehead atoms. The van der Waals surface area contributed by atoms with Crippen LogP contribution in [-0.4, -0.2) is 18.1 Å². The lowest BCUT2D eigenvalue weighted by Gasteiger charge is -2.26. The number of nitrogens with one attached hydrogen (secondary N) is 2. The second-order valence-corrected chi connectivity index (χ2v) is 6.08. The van der Waals surface area contributed by atoms with Gasteiger partial charge in [-0.1, -0.05) is 19.8 Å². The largest absolute Gasteiger partial charge is 0.338 e. The van der Waals surface area contributed by atoms with Crippen molar-refractivity contribution < 1.29 is 4.79 Å². The van der Waals surface area contributed by atoms with Crippen molar-refractivity contribution in [2.24, 2.45) is 5.41 Å². The molecule has 0 saturated heterocycles. The van der Waals surface area contributed by atoms with E-state index in [1.54, 1.807) is 0 Å². The van der Waals surface area contributed by atoms with Gasteiger partial charge in [-0.15, -0.1) is 0 Å².